The van der Waals surface area contributed by atoms with Gasteiger partial charge in [-0.1, -0.05) is 29.3 Å². The highest BCUT2D eigenvalue weighted by Gasteiger charge is 2.41. The number of halogens is 2. The summed E-state index contributed by atoms with van der Waals surface area (Å²) >= 11 is 19.8. The Kier molecular flexibility index (Phi) is 5.23. The Morgan fingerprint density at radius 3 is 2.67 bits per heavy atom. The van der Waals surface area contributed by atoms with Crippen molar-refractivity contribution in [1.29, 1.82) is 0 Å². The SMILES string of the molecule is COc1ccc(N2C(=S)N[C@H](c3ccccn3)[C@H]2c2ccc(Cl)s2)cc1Cl. The van der Waals surface area contributed by atoms with Gasteiger partial charge in [-0.05, 0) is 54.7 Å². The van der Waals surface area contributed by atoms with Crippen molar-refractivity contribution >= 4 is 57.6 Å². The molecule has 4 rings (SSSR count). The minimum Gasteiger partial charge on any atom is -0.495 e. The molecule has 1 N–H and O–H groups in total. The minimum atomic E-state index is -0.103. The largest absolute Gasteiger partial charge is 0.495 e. The van der Waals surface area contributed by atoms with Crippen molar-refractivity contribution in [2.24, 2.45) is 0 Å². The van der Waals surface area contributed by atoms with Crippen LogP contribution in [0, 0.1) is 0 Å². The fourth-order valence-corrected chi connectivity index (χ4v) is 5.00. The molecule has 138 valence electrons. The molecule has 1 aliphatic rings. The van der Waals surface area contributed by atoms with Crippen LogP contribution in [0.4, 0.5) is 5.69 Å². The third kappa shape index (κ3) is 3.50. The van der Waals surface area contributed by atoms with Gasteiger partial charge >= 0.3 is 0 Å². The summed E-state index contributed by atoms with van der Waals surface area (Å²) < 4.78 is 6.00. The third-order valence-electron chi connectivity index (χ3n) is 4.40. The van der Waals surface area contributed by atoms with Crippen LogP contribution >= 0.6 is 46.8 Å². The van der Waals surface area contributed by atoms with Gasteiger partial charge in [-0.3, -0.25) is 4.98 Å². The number of aromatic nitrogens is 1. The monoisotopic (exact) mass is 435 g/mol. The highest BCUT2D eigenvalue weighted by Crippen LogP contribution is 2.45. The molecule has 0 spiro atoms. The van der Waals surface area contributed by atoms with Gasteiger partial charge in [0, 0.05) is 16.8 Å². The van der Waals surface area contributed by atoms with Crippen molar-refractivity contribution < 1.29 is 4.74 Å². The zero-order valence-corrected chi connectivity index (χ0v) is 17.4. The van der Waals surface area contributed by atoms with Crippen LogP contribution in [0.2, 0.25) is 9.36 Å². The van der Waals surface area contributed by atoms with Crippen LogP contribution in [0.25, 0.3) is 0 Å². The maximum absolute atomic E-state index is 6.36. The normalized spacial score (nSPS) is 19.2. The second kappa shape index (κ2) is 7.64. The van der Waals surface area contributed by atoms with Gasteiger partial charge in [0.1, 0.15) is 5.75 Å². The molecular formula is C19H15Cl2N3OS2. The van der Waals surface area contributed by atoms with Crippen molar-refractivity contribution in [3.05, 3.63) is 74.7 Å². The Morgan fingerprint density at radius 1 is 1.19 bits per heavy atom. The smallest absolute Gasteiger partial charge is 0.174 e. The molecule has 0 amide bonds. The number of hydrogen-bond donors (Lipinski definition) is 1. The number of pyridine rings is 1. The summed E-state index contributed by atoms with van der Waals surface area (Å²) in [6.45, 7) is 0. The number of benzene rings is 1. The number of anilines is 1. The summed E-state index contributed by atoms with van der Waals surface area (Å²) in [4.78, 5) is 7.68. The van der Waals surface area contributed by atoms with E-state index in [9.17, 15) is 0 Å². The average Bonchev–Trinajstić information content (AvgIpc) is 3.25. The topological polar surface area (TPSA) is 37.4 Å². The van der Waals surface area contributed by atoms with Crippen LogP contribution in [0.3, 0.4) is 0 Å². The van der Waals surface area contributed by atoms with E-state index >= 15 is 0 Å². The molecule has 0 aliphatic carbocycles. The molecule has 3 aromatic rings. The fraction of sp³-hybridized carbons (Fsp3) is 0.158. The molecule has 0 radical (unpaired) electrons. The van der Waals surface area contributed by atoms with E-state index < -0.39 is 0 Å². The third-order valence-corrected chi connectivity index (χ3v) is 6.31. The van der Waals surface area contributed by atoms with E-state index in [1.165, 1.54) is 11.3 Å². The highest BCUT2D eigenvalue weighted by atomic mass is 35.5. The average molecular weight is 436 g/mol. The second-order valence-corrected chi connectivity index (χ2v) is 8.50. The lowest BCUT2D eigenvalue weighted by atomic mass is 10.0. The van der Waals surface area contributed by atoms with Gasteiger partial charge in [0.05, 0.1) is 34.2 Å². The quantitative estimate of drug-likeness (QED) is 0.536. The molecule has 0 unspecified atom stereocenters. The summed E-state index contributed by atoms with van der Waals surface area (Å²) in [6.07, 6.45) is 1.78. The van der Waals surface area contributed by atoms with Gasteiger partial charge in [-0.15, -0.1) is 11.3 Å². The predicted molar refractivity (Wildman–Crippen MR) is 115 cm³/mol. The summed E-state index contributed by atoms with van der Waals surface area (Å²) in [6, 6.07) is 15.2. The van der Waals surface area contributed by atoms with Gasteiger partial charge in [-0.25, -0.2) is 0 Å². The number of hydrogen-bond acceptors (Lipinski definition) is 4. The Bertz CT molecular complexity index is 980. The zero-order chi connectivity index (χ0) is 19.0. The maximum atomic E-state index is 6.36. The number of thiocarbonyl (C=S) groups is 1. The van der Waals surface area contributed by atoms with Gasteiger partial charge in [0.2, 0.25) is 0 Å². The first kappa shape index (κ1) is 18.5. The Balaban J connectivity index is 1.81. The van der Waals surface area contributed by atoms with Crippen molar-refractivity contribution in [2.75, 3.05) is 12.0 Å². The highest BCUT2D eigenvalue weighted by molar-refractivity contribution is 7.80. The maximum Gasteiger partial charge on any atom is 0.174 e. The van der Waals surface area contributed by atoms with E-state index in [2.05, 4.69) is 15.2 Å². The number of nitrogens with one attached hydrogen (secondary N) is 1. The van der Waals surface area contributed by atoms with Crippen LogP contribution in [0.1, 0.15) is 22.7 Å². The van der Waals surface area contributed by atoms with Gasteiger partial charge < -0.3 is 15.0 Å². The molecule has 2 atom stereocenters. The first-order valence-electron chi connectivity index (χ1n) is 8.18. The van der Waals surface area contributed by atoms with Crippen molar-refractivity contribution in [2.45, 2.75) is 12.1 Å². The summed E-state index contributed by atoms with van der Waals surface area (Å²) in [5, 5.41) is 4.55. The van der Waals surface area contributed by atoms with Crippen LogP contribution in [0.5, 0.6) is 5.75 Å². The number of thiophene rings is 1. The first-order chi connectivity index (χ1) is 13.1. The summed E-state index contributed by atoms with van der Waals surface area (Å²) in [7, 11) is 1.59. The molecule has 0 saturated carbocycles. The molecule has 0 bridgehead atoms. The number of methoxy groups -OCH3 is 1. The molecule has 27 heavy (non-hydrogen) atoms. The molecule has 1 fully saturated rings. The number of rotatable bonds is 4. The Hall–Kier alpha value is -1.86. The van der Waals surface area contributed by atoms with E-state index in [-0.39, 0.29) is 12.1 Å². The molecule has 3 heterocycles. The lowest BCUT2D eigenvalue weighted by Gasteiger charge is -2.27. The van der Waals surface area contributed by atoms with Crippen LogP contribution < -0.4 is 15.0 Å². The van der Waals surface area contributed by atoms with E-state index in [0.717, 1.165) is 20.6 Å². The molecule has 2 aromatic heterocycles. The predicted octanol–water partition coefficient (Wildman–Crippen LogP) is 5.64. The molecular weight excluding hydrogens is 421 g/mol. The van der Waals surface area contributed by atoms with E-state index in [1.54, 1.807) is 13.3 Å². The zero-order valence-electron chi connectivity index (χ0n) is 14.2. The number of nitrogens with zero attached hydrogens (tertiary/aromatic N) is 2. The van der Waals surface area contributed by atoms with Crippen LogP contribution in [-0.4, -0.2) is 17.2 Å². The Morgan fingerprint density at radius 2 is 2.04 bits per heavy atom. The standard InChI is InChI=1S/C19H15Cl2N3OS2/c1-25-14-6-5-11(10-12(14)20)24-18(15-7-8-16(21)27-15)17(23-19(24)26)13-4-2-3-9-22-13/h2-10,17-18H,1H3,(H,23,26)/t17-,18-/m1/s1. The summed E-state index contributed by atoms with van der Waals surface area (Å²) in [5.74, 6) is 0.621. The van der Waals surface area contributed by atoms with Gasteiger partial charge in [-0.2, -0.15) is 0 Å². The van der Waals surface area contributed by atoms with Crippen LogP contribution in [0.15, 0.2) is 54.7 Å². The molecule has 1 aliphatic heterocycles. The molecule has 1 saturated heterocycles. The Labute approximate surface area is 176 Å². The minimum absolute atomic E-state index is 0.0886. The second-order valence-electron chi connectivity index (χ2n) is 5.96. The molecule has 8 heteroatoms. The summed E-state index contributed by atoms with van der Waals surface area (Å²) in [5.41, 5.74) is 1.79. The van der Waals surface area contributed by atoms with Crippen molar-refractivity contribution in [3.63, 3.8) is 0 Å². The first-order valence-corrected chi connectivity index (χ1v) is 10.2. The van der Waals surface area contributed by atoms with Gasteiger partial charge in [0.25, 0.3) is 0 Å². The van der Waals surface area contributed by atoms with E-state index in [4.69, 9.17) is 40.2 Å². The van der Waals surface area contributed by atoms with Crippen molar-refractivity contribution in [3.8, 4) is 5.75 Å². The molecule has 1 aromatic carbocycles. The lowest BCUT2D eigenvalue weighted by Crippen LogP contribution is -2.29. The molecule has 4 nitrogen and oxygen atoms in total. The van der Waals surface area contributed by atoms with E-state index in [0.29, 0.717) is 15.9 Å². The fourth-order valence-electron chi connectivity index (χ4n) is 3.21. The van der Waals surface area contributed by atoms with Crippen molar-refractivity contribution in [1.82, 2.24) is 10.3 Å². The van der Waals surface area contributed by atoms with Crippen LogP contribution in [-0.2, 0) is 0 Å². The number of ether oxygens (including phenoxy) is 1. The van der Waals surface area contributed by atoms with E-state index in [1.807, 2.05) is 48.5 Å². The lowest BCUT2D eigenvalue weighted by molar-refractivity contribution is 0.415. The van der Waals surface area contributed by atoms with Gasteiger partial charge in [0.15, 0.2) is 5.11 Å².